The summed E-state index contributed by atoms with van der Waals surface area (Å²) in [5.74, 6) is -0.787. The second kappa shape index (κ2) is 8.18. The fourth-order valence-corrected chi connectivity index (χ4v) is 2.70. The van der Waals surface area contributed by atoms with Crippen molar-refractivity contribution in [1.82, 2.24) is 0 Å². The van der Waals surface area contributed by atoms with Crippen LogP contribution in [0.3, 0.4) is 0 Å². The number of nitrogens with zero attached hydrogens (tertiary/aromatic N) is 1. The minimum atomic E-state index is -0.885. The van der Waals surface area contributed by atoms with Gasteiger partial charge in [0.05, 0.1) is 13.5 Å². The minimum absolute atomic E-state index is 0.131. The van der Waals surface area contributed by atoms with Crippen LogP contribution < -0.4 is 10.1 Å². The van der Waals surface area contributed by atoms with Gasteiger partial charge in [-0.1, -0.05) is 12.1 Å². The molecular weight excluding hydrogens is 360 g/mol. The maximum atomic E-state index is 12.3. The van der Waals surface area contributed by atoms with Crippen LogP contribution in [0.15, 0.2) is 48.0 Å². The molecule has 0 saturated carbocycles. The third-order valence-electron chi connectivity index (χ3n) is 4.15. The van der Waals surface area contributed by atoms with E-state index >= 15 is 0 Å². The molecule has 140 valence electrons. The summed E-state index contributed by atoms with van der Waals surface area (Å²) in [5.41, 5.74) is 2.13. The van der Waals surface area contributed by atoms with Gasteiger partial charge in [0.15, 0.2) is 12.4 Å². The van der Waals surface area contributed by atoms with Crippen molar-refractivity contribution in [3.05, 3.63) is 64.7 Å². The maximum absolute atomic E-state index is 12.3. The molecule has 1 heterocycles. The van der Waals surface area contributed by atoms with Crippen LogP contribution in [0, 0.1) is 11.3 Å². The predicted molar refractivity (Wildman–Crippen MR) is 101 cm³/mol. The van der Waals surface area contributed by atoms with E-state index in [0.29, 0.717) is 22.6 Å². The molecule has 0 saturated heterocycles. The van der Waals surface area contributed by atoms with Gasteiger partial charge in [-0.05, 0) is 47.5 Å². The van der Waals surface area contributed by atoms with E-state index in [9.17, 15) is 19.6 Å². The monoisotopic (exact) mass is 376 g/mol. The molecule has 0 radical (unpaired) electrons. The van der Waals surface area contributed by atoms with Crippen LogP contribution in [-0.2, 0) is 20.7 Å². The molecule has 0 aromatic heterocycles. The molecule has 0 aliphatic carbocycles. The molecule has 28 heavy (non-hydrogen) atoms. The highest BCUT2D eigenvalue weighted by Gasteiger charge is 2.20. The molecule has 7 nitrogen and oxygen atoms in total. The fraction of sp³-hybridized carbons (Fsp3) is 0.143. The SMILES string of the molecule is COc1ccc(/C=C(\C#N)C(=O)OCC(=O)c2ccc3c(c2)CC(=O)N3)cc1. The topological polar surface area (TPSA) is 105 Å². The lowest BCUT2D eigenvalue weighted by atomic mass is 10.1. The number of fused-ring (bicyclic) bond motifs is 1. The van der Waals surface area contributed by atoms with Crippen LogP contribution >= 0.6 is 0 Å². The van der Waals surface area contributed by atoms with Crippen LogP contribution in [0.25, 0.3) is 6.08 Å². The molecule has 2 aromatic carbocycles. The number of hydrogen-bond acceptors (Lipinski definition) is 6. The van der Waals surface area contributed by atoms with Gasteiger partial charge in [0.25, 0.3) is 0 Å². The number of Topliss-reactive ketones (excluding diaryl/α,β-unsaturated/α-hetero) is 1. The van der Waals surface area contributed by atoms with E-state index in [1.54, 1.807) is 48.5 Å². The van der Waals surface area contributed by atoms with Crippen molar-refractivity contribution in [3.63, 3.8) is 0 Å². The number of amides is 1. The smallest absolute Gasteiger partial charge is 0.349 e. The second-order valence-electron chi connectivity index (χ2n) is 6.04. The summed E-state index contributed by atoms with van der Waals surface area (Å²) in [5, 5.41) is 11.9. The first-order valence-electron chi connectivity index (χ1n) is 8.39. The van der Waals surface area contributed by atoms with E-state index in [0.717, 1.165) is 5.56 Å². The normalized spacial score (nSPS) is 12.6. The molecule has 2 aromatic rings. The molecule has 0 unspecified atom stereocenters. The zero-order valence-electron chi connectivity index (χ0n) is 15.0. The Morgan fingerprint density at radius 1 is 1.21 bits per heavy atom. The fourth-order valence-electron chi connectivity index (χ4n) is 2.70. The van der Waals surface area contributed by atoms with Crippen LogP contribution in [0.5, 0.6) is 5.75 Å². The van der Waals surface area contributed by atoms with E-state index in [-0.39, 0.29) is 17.9 Å². The number of anilines is 1. The van der Waals surface area contributed by atoms with Crippen molar-refractivity contribution in [2.45, 2.75) is 6.42 Å². The number of esters is 1. The van der Waals surface area contributed by atoms with Gasteiger partial charge in [-0.2, -0.15) is 5.26 Å². The van der Waals surface area contributed by atoms with Crippen molar-refractivity contribution in [1.29, 1.82) is 5.26 Å². The van der Waals surface area contributed by atoms with Gasteiger partial charge in [0, 0.05) is 11.3 Å². The summed E-state index contributed by atoms with van der Waals surface area (Å²) in [7, 11) is 1.54. The van der Waals surface area contributed by atoms with Crippen LogP contribution in [0.1, 0.15) is 21.5 Å². The molecule has 0 bridgehead atoms. The molecule has 1 aliphatic rings. The Bertz CT molecular complexity index is 1020. The quantitative estimate of drug-likeness (QED) is 0.359. The molecule has 0 spiro atoms. The molecule has 1 aliphatic heterocycles. The summed E-state index contributed by atoms with van der Waals surface area (Å²) >= 11 is 0. The third-order valence-corrected chi connectivity index (χ3v) is 4.15. The standard InChI is InChI=1S/C21H16N2O5/c1-27-17-5-2-13(3-6-17)8-16(11-22)21(26)28-12-19(24)14-4-7-18-15(9-14)10-20(25)23-18/h2-9H,10,12H2,1H3,(H,23,25)/b16-8+. The number of hydrogen-bond donors (Lipinski definition) is 1. The number of nitriles is 1. The van der Waals surface area contributed by atoms with Gasteiger partial charge in [-0.15, -0.1) is 0 Å². The number of nitrogens with one attached hydrogen (secondary N) is 1. The van der Waals surface area contributed by atoms with E-state index in [2.05, 4.69) is 5.32 Å². The van der Waals surface area contributed by atoms with Gasteiger partial charge in [0.1, 0.15) is 17.4 Å². The lowest BCUT2D eigenvalue weighted by molar-refractivity contribution is -0.137. The third kappa shape index (κ3) is 4.24. The molecule has 1 N–H and O–H groups in total. The number of ether oxygens (including phenoxy) is 2. The highest BCUT2D eigenvalue weighted by Crippen LogP contribution is 2.24. The van der Waals surface area contributed by atoms with E-state index in [4.69, 9.17) is 9.47 Å². The Balaban J connectivity index is 1.64. The van der Waals surface area contributed by atoms with Crippen molar-refractivity contribution in [2.24, 2.45) is 0 Å². The van der Waals surface area contributed by atoms with Gasteiger partial charge < -0.3 is 14.8 Å². The minimum Gasteiger partial charge on any atom is -0.497 e. The lowest BCUT2D eigenvalue weighted by Crippen LogP contribution is -2.15. The molecule has 3 rings (SSSR count). The van der Waals surface area contributed by atoms with Gasteiger partial charge in [-0.25, -0.2) is 4.79 Å². The van der Waals surface area contributed by atoms with Crippen molar-refractivity contribution >= 4 is 29.4 Å². The molecular formula is C21H16N2O5. The van der Waals surface area contributed by atoms with Crippen molar-refractivity contribution in [2.75, 3.05) is 19.0 Å². The number of rotatable bonds is 6. The molecule has 7 heteroatoms. The van der Waals surface area contributed by atoms with E-state index in [1.807, 2.05) is 0 Å². The second-order valence-corrected chi connectivity index (χ2v) is 6.04. The lowest BCUT2D eigenvalue weighted by Gasteiger charge is -2.05. The van der Waals surface area contributed by atoms with E-state index in [1.165, 1.54) is 13.2 Å². The van der Waals surface area contributed by atoms with Crippen molar-refractivity contribution in [3.8, 4) is 11.8 Å². The van der Waals surface area contributed by atoms with Crippen LogP contribution in [0.4, 0.5) is 5.69 Å². The summed E-state index contributed by atoms with van der Waals surface area (Å²) in [4.78, 5) is 35.8. The Hall–Kier alpha value is -3.92. The van der Waals surface area contributed by atoms with Crippen LogP contribution in [0.2, 0.25) is 0 Å². The van der Waals surface area contributed by atoms with Crippen molar-refractivity contribution < 1.29 is 23.9 Å². The Morgan fingerprint density at radius 2 is 1.96 bits per heavy atom. The summed E-state index contributed by atoms with van der Waals surface area (Å²) in [6, 6.07) is 13.3. The molecule has 0 fully saturated rings. The highest BCUT2D eigenvalue weighted by molar-refractivity contribution is 6.04. The Labute approximate surface area is 161 Å². The first kappa shape index (κ1) is 18.9. The van der Waals surface area contributed by atoms with E-state index < -0.39 is 18.4 Å². The Kier molecular flexibility index (Phi) is 5.51. The number of carbonyl (C=O) groups is 3. The first-order valence-corrected chi connectivity index (χ1v) is 8.39. The van der Waals surface area contributed by atoms with Crippen LogP contribution in [-0.4, -0.2) is 31.4 Å². The molecule has 1 amide bonds. The number of ketones is 1. The van der Waals surface area contributed by atoms with Gasteiger partial charge in [-0.3, -0.25) is 9.59 Å². The molecule has 0 atom stereocenters. The van der Waals surface area contributed by atoms with Gasteiger partial charge in [0.2, 0.25) is 5.91 Å². The summed E-state index contributed by atoms with van der Waals surface area (Å²) in [6.45, 7) is -0.499. The average Bonchev–Trinajstić information content (AvgIpc) is 3.09. The van der Waals surface area contributed by atoms with Gasteiger partial charge >= 0.3 is 5.97 Å². The maximum Gasteiger partial charge on any atom is 0.349 e. The highest BCUT2D eigenvalue weighted by atomic mass is 16.5. The average molecular weight is 376 g/mol. The Morgan fingerprint density at radius 3 is 2.64 bits per heavy atom. The number of methoxy groups -OCH3 is 1. The number of carbonyl (C=O) groups excluding carboxylic acids is 3. The predicted octanol–water partition coefficient (Wildman–Crippen LogP) is 2.52. The first-order chi connectivity index (χ1) is 13.5. The number of benzene rings is 2. The largest absolute Gasteiger partial charge is 0.497 e. The zero-order valence-corrected chi connectivity index (χ0v) is 15.0. The zero-order chi connectivity index (χ0) is 20.1. The summed E-state index contributed by atoms with van der Waals surface area (Å²) < 4.78 is 10.0. The summed E-state index contributed by atoms with van der Waals surface area (Å²) in [6.07, 6.45) is 1.58.